The number of benzene rings is 2. The third-order valence-electron chi connectivity index (χ3n) is 4.02. The molecular weight excluding hydrogens is 294 g/mol. The SMILES string of the molecule is Cc1cc(CN2C[C@H](c3ccccc3)NC2=O)ccc1[N+](=O)[O-]. The summed E-state index contributed by atoms with van der Waals surface area (Å²) in [4.78, 5) is 24.3. The molecule has 0 aromatic heterocycles. The van der Waals surface area contributed by atoms with Gasteiger partial charge in [0.05, 0.1) is 11.0 Å². The first-order valence-corrected chi connectivity index (χ1v) is 7.39. The van der Waals surface area contributed by atoms with Gasteiger partial charge in [-0.2, -0.15) is 0 Å². The normalized spacial score (nSPS) is 17.2. The van der Waals surface area contributed by atoms with Gasteiger partial charge in [0.15, 0.2) is 0 Å². The number of urea groups is 1. The molecule has 2 aromatic rings. The van der Waals surface area contributed by atoms with E-state index in [1.165, 1.54) is 6.07 Å². The summed E-state index contributed by atoms with van der Waals surface area (Å²) < 4.78 is 0. The fourth-order valence-electron chi connectivity index (χ4n) is 2.84. The quantitative estimate of drug-likeness (QED) is 0.696. The highest BCUT2D eigenvalue weighted by atomic mass is 16.6. The van der Waals surface area contributed by atoms with Crippen LogP contribution in [0.1, 0.15) is 22.7 Å². The van der Waals surface area contributed by atoms with Crippen LogP contribution in [0.15, 0.2) is 48.5 Å². The number of carbonyl (C=O) groups excluding carboxylic acids is 1. The highest BCUT2D eigenvalue weighted by Gasteiger charge is 2.29. The zero-order valence-corrected chi connectivity index (χ0v) is 12.7. The van der Waals surface area contributed by atoms with E-state index in [0.717, 1.165) is 11.1 Å². The van der Waals surface area contributed by atoms with Crippen LogP contribution in [0.25, 0.3) is 0 Å². The molecule has 118 valence electrons. The van der Waals surface area contributed by atoms with Crippen LogP contribution < -0.4 is 5.32 Å². The van der Waals surface area contributed by atoms with E-state index < -0.39 is 4.92 Å². The van der Waals surface area contributed by atoms with E-state index in [4.69, 9.17) is 0 Å². The van der Waals surface area contributed by atoms with Crippen molar-refractivity contribution in [1.82, 2.24) is 10.2 Å². The molecule has 0 radical (unpaired) electrons. The minimum absolute atomic E-state index is 0.0251. The van der Waals surface area contributed by atoms with Gasteiger partial charge < -0.3 is 10.2 Å². The Labute approximate surface area is 133 Å². The monoisotopic (exact) mass is 311 g/mol. The molecular formula is C17H17N3O3. The summed E-state index contributed by atoms with van der Waals surface area (Å²) in [6, 6.07) is 14.6. The summed E-state index contributed by atoms with van der Waals surface area (Å²) in [5, 5.41) is 13.8. The molecule has 1 saturated heterocycles. The second kappa shape index (κ2) is 6.08. The van der Waals surface area contributed by atoms with Crippen molar-refractivity contribution in [3.63, 3.8) is 0 Å². The number of nitro benzene ring substituents is 1. The number of nitrogens with one attached hydrogen (secondary N) is 1. The van der Waals surface area contributed by atoms with Gasteiger partial charge in [-0.15, -0.1) is 0 Å². The Morgan fingerprint density at radius 2 is 2.00 bits per heavy atom. The zero-order chi connectivity index (χ0) is 16.4. The average Bonchev–Trinajstić information content (AvgIpc) is 2.89. The number of rotatable bonds is 4. The van der Waals surface area contributed by atoms with Crippen LogP contribution in [-0.4, -0.2) is 22.4 Å². The Bertz CT molecular complexity index is 746. The minimum Gasteiger partial charge on any atom is -0.329 e. The van der Waals surface area contributed by atoms with E-state index in [1.54, 1.807) is 24.0 Å². The first-order valence-electron chi connectivity index (χ1n) is 7.39. The Kier molecular flexibility index (Phi) is 3.97. The highest BCUT2D eigenvalue weighted by Crippen LogP contribution is 2.24. The number of aryl methyl sites for hydroxylation is 1. The van der Waals surface area contributed by atoms with Gasteiger partial charge in [0, 0.05) is 24.7 Å². The van der Waals surface area contributed by atoms with Crippen LogP contribution in [0.3, 0.4) is 0 Å². The van der Waals surface area contributed by atoms with Crippen LogP contribution in [-0.2, 0) is 6.54 Å². The third kappa shape index (κ3) is 3.15. The maximum atomic E-state index is 12.1. The summed E-state index contributed by atoms with van der Waals surface area (Å²) in [7, 11) is 0. The fourth-order valence-corrected chi connectivity index (χ4v) is 2.84. The molecule has 1 heterocycles. The van der Waals surface area contributed by atoms with Gasteiger partial charge in [0.25, 0.3) is 5.69 Å². The lowest BCUT2D eigenvalue weighted by Gasteiger charge is -2.15. The summed E-state index contributed by atoms with van der Waals surface area (Å²) in [6.45, 7) is 2.73. The van der Waals surface area contributed by atoms with Crippen LogP contribution in [0.5, 0.6) is 0 Å². The van der Waals surface area contributed by atoms with Crippen molar-refractivity contribution in [1.29, 1.82) is 0 Å². The Morgan fingerprint density at radius 1 is 1.26 bits per heavy atom. The largest absolute Gasteiger partial charge is 0.329 e. The number of carbonyl (C=O) groups is 1. The average molecular weight is 311 g/mol. The summed E-state index contributed by atoms with van der Waals surface area (Å²) in [6.07, 6.45) is 0. The first kappa shape index (κ1) is 15.0. The zero-order valence-electron chi connectivity index (χ0n) is 12.7. The highest BCUT2D eigenvalue weighted by molar-refractivity contribution is 5.77. The molecule has 23 heavy (non-hydrogen) atoms. The topological polar surface area (TPSA) is 75.5 Å². The Morgan fingerprint density at radius 3 is 2.65 bits per heavy atom. The molecule has 1 atom stereocenters. The van der Waals surface area contributed by atoms with Gasteiger partial charge in [0.2, 0.25) is 0 Å². The number of nitrogens with zero attached hydrogens (tertiary/aromatic N) is 2. The van der Waals surface area contributed by atoms with E-state index in [0.29, 0.717) is 18.7 Å². The first-order chi connectivity index (χ1) is 11.0. The van der Waals surface area contributed by atoms with Crippen LogP contribution >= 0.6 is 0 Å². The van der Waals surface area contributed by atoms with Crippen molar-refractivity contribution in [3.05, 3.63) is 75.3 Å². The summed E-state index contributed by atoms with van der Waals surface area (Å²) in [5.41, 5.74) is 2.66. The number of hydrogen-bond donors (Lipinski definition) is 1. The van der Waals surface area contributed by atoms with Gasteiger partial charge in [-0.25, -0.2) is 4.79 Å². The maximum absolute atomic E-state index is 12.1. The second-order valence-electron chi connectivity index (χ2n) is 5.67. The Hall–Kier alpha value is -2.89. The van der Waals surface area contributed by atoms with Crippen molar-refractivity contribution in [2.45, 2.75) is 19.5 Å². The van der Waals surface area contributed by atoms with Crippen molar-refractivity contribution < 1.29 is 9.72 Å². The van der Waals surface area contributed by atoms with Crippen LogP contribution in [0.2, 0.25) is 0 Å². The molecule has 0 unspecified atom stereocenters. The van der Waals surface area contributed by atoms with Gasteiger partial charge in [-0.3, -0.25) is 10.1 Å². The predicted octanol–water partition coefficient (Wildman–Crippen LogP) is 3.17. The van der Waals surface area contributed by atoms with E-state index in [2.05, 4.69) is 5.32 Å². The summed E-state index contributed by atoms with van der Waals surface area (Å²) in [5.74, 6) is 0. The van der Waals surface area contributed by atoms with E-state index in [1.807, 2.05) is 30.3 Å². The van der Waals surface area contributed by atoms with Crippen molar-refractivity contribution in [2.24, 2.45) is 0 Å². The maximum Gasteiger partial charge on any atom is 0.318 e. The molecule has 1 aliphatic rings. The molecule has 0 bridgehead atoms. The van der Waals surface area contributed by atoms with Crippen molar-refractivity contribution in [2.75, 3.05) is 6.54 Å². The van der Waals surface area contributed by atoms with Gasteiger partial charge in [-0.05, 0) is 24.1 Å². The lowest BCUT2D eigenvalue weighted by molar-refractivity contribution is -0.385. The van der Waals surface area contributed by atoms with E-state index >= 15 is 0 Å². The van der Waals surface area contributed by atoms with E-state index in [-0.39, 0.29) is 17.8 Å². The molecule has 0 saturated carbocycles. The lowest BCUT2D eigenvalue weighted by atomic mass is 10.1. The smallest absolute Gasteiger partial charge is 0.318 e. The Balaban J connectivity index is 1.72. The molecule has 6 heteroatoms. The molecule has 2 aromatic carbocycles. The molecule has 0 spiro atoms. The molecule has 0 aliphatic carbocycles. The third-order valence-corrected chi connectivity index (χ3v) is 4.02. The lowest BCUT2D eigenvalue weighted by Crippen LogP contribution is -2.27. The standard InChI is InChI=1S/C17H17N3O3/c1-12-9-13(7-8-16(12)20(22)23)10-19-11-15(18-17(19)21)14-5-3-2-4-6-14/h2-9,15H,10-11H2,1H3,(H,18,21)/t15-/m1/s1. The number of hydrogen-bond acceptors (Lipinski definition) is 3. The fraction of sp³-hybridized carbons (Fsp3) is 0.235. The molecule has 6 nitrogen and oxygen atoms in total. The second-order valence-corrected chi connectivity index (χ2v) is 5.67. The van der Waals surface area contributed by atoms with Gasteiger partial charge in [0.1, 0.15) is 0 Å². The molecule has 1 fully saturated rings. The van der Waals surface area contributed by atoms with E-state index in [9.17, 15) is 14.9 Å². The minimum atomic E-state index is -0.396. The van der Waals surface area contributed by atoms with Crippen LogP contribution in [0, 0.1) is 17.0 Å². The molecule has 3 rings (SSSR count). The molecule has 1 aliphatic heterocycles. The molecule has 1 N–H and O–H groups in total. The number of nitro groups is 1. The van der Waals surface area contributed by atoms with Crippen molar-refractivity contribution >= 4 is 11.7 Å². The van der Waals surface area contributed by atoms with Crippen LogP contribution in [0.4, 0.5) is 10.5 Å². The molecule has 2 amide bonds. The summed E-state index contributed by atoms with van der Waals surface area (Å²) >= 11 is 0. The van der Waals surface area contributed by atoms with Crippen molar-refractivity contribution in [3.8, 4) is 0 Å². The number of amides is 2. The van der Waals surface area contributed by atoms with Gasteiger partial charge in [-0.1, -0.05) is 36.4 Å². The van der Waals surface area contributed by atoms with Gasteiger partial charge >= 0.3 is 6.03 Å². The predicted molar refractivity (Wildman–Crippen MR) is 86.0 cm³/mol.